The summed E-state index contributed by atoms with van der Waals surface area (Å²) in [5.41, 5.74) is 3.49. The van der Waals surface area contributed by atoms with Gasteiger partial charge >= 0.3 is 0 Å². The van der Waals surface area contributed by atoms with E-state index in [9.17, 15) is 4.79 Å². The summed E-state index contributed by atoms with van der Waals surface area (Å²) in [5, 5.41) is 9.57. The quantitative estimate of drug-likeness (QED) is 0.308. The van der Waals surface area contributed by atoms with Gasteiger partial charge in [-0.25, -0.2) is 4.85 Å². The molecule has 0 aliphatic carbocycles. The minimum Gasteiger partial charge on any atom is -0.493 e. The van der Waals surface area contributed by atoms with Gasteiger partial charge in [0.25, 0.3) is 0 Å². The number of nitrogens with zero attached hydrogens (tertiary/aromatic N) is 5. The standard InChI is InChI=1S/C27H26N6O3/c1-5-25(34)33-11-9-18(10-12-33)36-24-13-19-21(14-23(24)35-4)29-16-22(28-2)26(19)31-20-8-6-7-17-15-30-32(3)27(17)20/h5-8,13-16,18H,1,9-12H2,3-4H3,(H,29,31). The lowest BCUT2D eigenvalue weighted by Crippen LogP contribution is -2.41. The second kappa shape index (κ2) is 9.58. The molecule has 9 heteroatoms. The number of aryl methyl sites for hydroxylation is 1. The van der Waals surface area contributed by atoms with Crippen LogP contribution in [0.2, 0.25) is 0 Å². The number of carbonyl (C=O) groups excluding carboxylic acids is 1. The molecule has 1 saturated heterocycles. The summed E-state index contributed by atoms with van der Waals surface area (Å²) < 4.78 is 13.8. The largest absolute Gasteiger partial charge is 0.493 e. The number of nitrogens with one attached hydrogen (secondary N) is 1. The highest BCUT2D eigenvalue weighted by atomic mass is 16.5. The van der Waals surface area contributed by atoms with E-state index in [4.69, 9.17) is 16.0 Å². The van der Waals surface area contributed by atoms with Crippen LogP contribution in [-0.4, -0.2) is 51.9 Å². The molecule has 1 aliphatic rings. The second-order valence-electron chi connectivity index (χ2n) is 8.63. The van der Waals surface area contributed by atoms with E-state index in [-0.39, 0.29) is 12.0 Å². The van der Waals surface area contributed by atoms with Crippen molar-refractivity contribution in [3.8, 4) is 11.5 Å². The van der Waals surface area contributed by atoms with Crippen LogP contribution in [0.1, 0.15) is 12.8 Å². The number of fused-ring (bicyclic) bond motifs is 2. The molecule has 0 radical (unpaired) electrons. The topological polar surface area (TPSA) is 85.9 Å². The van der Waals surface area contributed by atoms with Gasteiger partial charge in [-0.2, -0.15) is 5.10 Å². The summed E-state index contributed by atoms with van der Waals surface area (Å²) in [4.78, 5) is 21.9. The molecule has 1 N–H and O–H groups in total. The molecule has 1 aliphatic heterocycles. The molecule has 182 valence electrons. The Balaban J connectivity index is 1.53. The SMILES string of the molecule is [C-]#[N+]c1cnc2cc(OC)c(OC3CCN(C(=O)C=C)CC3)cc2c1Nc1cccc2cnn(C)c12. The molecule has 2 aromatic carbocycles. The highest BCUT2D eigenvalue weighted by Crippen LogP contribution is 2.41. The molecule has 36 heavy (non-hydrogen) atoms. The van der Waals surface area contributed by atoms with Gasteiger partial charge in [-0.05, 0) is 18.2 Å². The van der Waals surface area contributed by atoms with E-state index in [1.807, 2.05) is 43.6 Å². The van der Waals surface area contributed by atoms with Gasteiger partial charge in [-0.1, -0.05) is 18.7 Å². The zero-order chi connectivity index (χ0) is 25.2. The fraction of sp³-hybridized carbons (Fsp3) is 0.259. The number of rotatable bonds is 6. The minimum absolute atomic E-state index is 0.0614. The van der Waals surface area contributed by atoms with Crippen molar-refractivity contribution in [2.75, 3.05) is 25.5 Å². The Hall–Kier alpha value is -4.58. The van der Waals surface area contributed by atoms with Crippen molar-refractivity contribution in [1.29, 1.82) is 0 Å². The smallest absolute Gasteiger partial charge is 0.245 e. The highest BCUT2D eigenvalue weighted by molar-refractivity contribution is 6.03. The molecule has 0 bridgehead atoms. The number of anilines is 2. The van der Waals surface area contributed by atoms with E-state index in [1.54, 1.807) is 22.9 Å². The summed E-state index contributed by atoms with van der Waals surface area (Å²) >= 11 is 0. The van der Waals surface area contributed by atoms with Gasteiger partial charge in [-0.3, -0.25) is 14.5 Å². The molecule has 5 rings (SSSR count). The van der Waals surface area contributed by atoms with E-state index in [2.05, 4.69) is 26.8 Å². The molecule has 1 amide bonds. The van der Waals surface area contributed by atoms with E-state index in [1.165, 1.54) is 6.08 Å². The molecule has 3 heterocycles. The minimum atomic E-state index is -0.0678. The summed E-state index contributed by atoms with van der Waals surface area (Å²) in [7, 11) is 3.48. The highest BCUT2D eigenvalue weighted by Gasteiger charge is 2.24. The Labute approximate surface area is 208 Å². The van der Waals surface area contributed by atoms with Crippen molar-refractivity contribution in [2.45, 2.75) is 18.9 Å². The van der Waals surface area contributed by atoms with E-state index >= 15 is 0 Å². The third-order valence-corrected chi connectivity index (χ3v) is 6.50. The van der Waals surface area contributed by atoms with Crippen LogP contribution in [0.25, 0.3) is 26.7 Å². The van der Waals surface area contributed by atoms with Crippen LogP contribution >= 0.6 is 0 Å². The zero-order valence-corrected chi connectivity index (χ0v) is 20.2. The van der Waals surface area contributed by atoms with Gasteiger partial charge in [-0.15, -0.1) is 0 Å². The Morgan fingerprint density at radius 3 is 2.78 bits per heavy atom. The Morgan fingerprint density at radius 2 is 2.06 bits per heavy atom. The van der Waals surface area contributed by atoms with E-state index < -0.39 is 0 Å². The fourth-order valence-electron chi connectivity index (χ4n) is 4.63. The predicted octanol–water partition coefficient (Wildman–Crippen LogP) is 4.98. The Morgan fingerprint density at radius 1 is 1.25 bits per heavy atom. The number of hydrogen-bond acceptors (Lipinski definition) is 6. The first-order valence-corrected chi connectivity index (χ1v) is 11.7. The lowest BCUT2D eigenvalue weighted by Gasteiger charge is -2.31. The van der Waals surface area contributed by atoms with Crippen molar-refractivity contribution in [3.63, 3.8) is 0 Å². The molecular formula is C27H26N6O3. The number of amides is 1. The molecule has 0 saturated carbocycles. The summed E-state index contributed by atoms with van der Waals surface area (Å²) in [5.74, 6) is 1.08. The first kappa shape index (κ1) is 23.2. The third kappa shape index (κ3) is 4.18. The maximum Gasteiger partial charge on any atom is 0.245 e. The molecular weight excluding hydrogens is 456 g/mol. The van der Waals surface area contributed by atoms with Gasteiger partial charge in [0.15, 0.2) is 11.5 Å². The number of para-hydroxylation sites is 1. The van der Waals surface area contributed by atoms with Crippen molar-refractivity contribution < 1.29 is 14.3 Å². The second-order valence-corrected chi connectivity index (χ2v) is 8.63. The number of hydrogen-bond donors (Lipinski definition) is 1. The third-order valence-electron chi connectivity index (χ3n) is 6.50. The van der Waals surface area contributed by atoms with Crippen LogP contribution in [0.5, 0.6) is 11.5 Å². The molecule has 2 aromatic heterocycles. The van der Waals surface area contributed by atoms with Gasteiger partial charge in [0.05, 0.1) is 42.3 Å². The summed E-state index contributed by atoms with van der Waals surface area (Å²) in [6, 6.07) is 9.61. The molecule has 0 atom stereocenters. The number of piperidine rings is 1. The van der Waals surface area contributed by atoms with Crippen LogP contribution in [0.15, 0.2) is 55.4 Å². The monoisotopic (exact) mass is 482 g/mol. The number of aromatic nitrogens is 3. The predicted molar refractivity (Wildman–Crippen MR) is 139 cm³/mol. The van der Waals surface area contributed by atoms with Gasteiger partial charge in [0, 0.05) is 56.0 Å². The number of methoxy groups -OCH3 is 1. The van der Waals surface area contributed by atoms with Crippen LogP contribution in [0, 0.1) is 6.57 Å². The van der Waals surface area contributed by atoms with Gasteiger partial charge in [0.1, 0.15) is 6.10 Å². The van der Waals surface area contributed by atoms with Gasteiger partial charge in [0.2, 0.25) is 11.6 Å². The average Bonchev–Trinajstić information content (AvgIpc) is 3.30. The van der Waals surface area contributed by atoms with Crippen LogP contribution < -0.4 is 14.8 Å². The van der Waals surface area contributed by atoms with Crippen molar-refractivity contribution in [1.82, 2.24) is 19.7 Å². The Kier molecular flexibility index (Phi) is 6.17. The number of likely N-dealkylation sites (tertiary alicyclic amines) is 1. The normalized spacial score (nSPS) is 14.0. The van der Waals surface area contributed by atoms with Crippen LogP contribution in [-0.2, 0) is 11.8 Å². The summed E-state index contributed by atoms with van der Waals surface area (Å²) in [6.07, 6.45) is 6.06. The lowest BCUT2D eigenvalue weighted by molar-refractivity contribution is -0.127. The van der Waals surface area contributed by atoms with Crippen LogP contribution in [0.4, 0.5) is 17.1 Å². The lowest BCUT2D eigenvalue weighted by atomic mass is 10.1. The summed E-state index contributed by atoms with van der Waals surface area (Å²) in [6.45, 7) is 12.5. The van der Waals surface area contributed by atoms with Gasteiger partial charge < -0.3 is 19.7 Å². The Bertz CT molecular complexity index is 1510. The fourth-order valence-corrected chi connectivity index (χ4v) is 4.63. The zero-order valence-electron chi connectivity index (χ0n) is 20.2. The first-order chi connectivity index (χ1) is 17.5. The first-order valence-electron chi connectivity index (χ1n) is 11.7. The number of benzene rings is 2. The molecule has 0 spiro atoms. The molecule has 4 aromatic rings. The number of carbonyl (C=O) groups is 1. The maximum atomic E-state index is 11.9. The van der Waals surface area contributed by atoms with Crippen LogP contribution in [0.3, 0.4) is 0 Å². The molecule has 0 unspecified atom stereocenters. The van der Waals surface area contributed by atoms with E-state index in [0.717, 1.165) is 22.0 Å². The van der Waals surface area contributed by atoms with Crippen molar-refractivity contribution in [3.05, 3.63) is 66.8 Å². The van der Waals surface area contributed by atoms with Crippen molar-refractivity contribution in [2.24, 2.45) is 7.05 Å². The molecule has 1 fully saturated rings. The van der Waals surface area contributed by atoms with E-state index in [0.29, 0.717) is 54.3 Å². The molecule has 9 nitrogen and oxygen atoms in total. The number of ether oxygens (including phenoxy) is 2. The maximum absolute atomic E-state index is 11.9. The number of pyridine rings is 1. The average molecular weight is 483 g/mol. The van der Waals surface area contributed by atoms with Crippen molar-refractivity contribution >= 4 is 44.8 Å².